The van der Waals surface area contributed by atoms with E-state index in [1.54, 1.807) is 24.3 Å². The molecule has 5 heteroatoms. The molecule has 1 N–H and O–H groups in total. The number of carbonyl (C=O) groups is 2. The molecule has 128 valence electrons. The molecule has 1 saturated carbocycles. The Labute approximate surface area is 154 Å². The van der Waals surface area contributed by atoms with Gasteiger partial charge in [0.1, 0.15) is 23.7 Å². The first kappa shape index (κ1) is 17.4. The molecule has 2 aromatic carbocycles. The third-order valence-electron chi connectivity index (χ3n) is 4.03. The van der Waals surface area contributed by atoms with Crippen LogP contribution < -0.4 is 4.74 Å². The predicted octanol–water partition coefficient (Wildman–Crippen LogP) is 4.62. The van der Waals surface area contributed by atoms with Crippen LogP contribution in [0.5, 0.6) is 5.75 Å². The minimum Gasteiger partial charge on any atom is -0.506 e. The molecule has 1 fully saturated rings. The third-order valence-corrected chi connectivity index (χ3v) is 4.56. The SMILES string of the molecule is O=C1CCCC(=O)C1=C(O)c1cccc(OCc2ccc(Br)cc2)c1. The molecule has 0 amide bonds. The van der Waals surface area contributed by atoms with E-state index in [2.05, 4.69) is 15.9 Å². The van der Waals surface area contributed by atoms with Gasteiger partial charge in [0.25, 0.3) is 0 Å². The van der Waals surface area contributed by atoms with E-state index in [9.17, 15) is 14.7 Å². The predicted molar refractivity (Wildman–Crippen MR) is 98.3 cm³/mol. The van der Waals surface area contributed by atoms with Gasteiger partial charge in [0.15, 0.2) is 11.6 Å². The van der Waals surface area contributed by atoms with Gasteiger partial charge < -0.3 is 9.84 Å². The van der Waals surface area contributed by atoms with Crippen LogP contribution in [0.4, 0.5) is 0 Å². The number of ketones is 2. The van der Waals surface area contributed by atoms with E-state index in [0.29, 0.717) is 37.2 Å². The molecule has 0 saturated heterocycles. The van der Waals surface area contributed by atoms with Crippen LogP contribution in [0, 0.1) is 0 Å². The minimum absolute atomic E-state index is 0.0868. The van der Waals surface area contributed by atoms with Crippen molar-refractivity contribution in [3.8, 4) is 5.75 Å². The summed E-state index contributed by atoms with van der Waals surface area (Å²) in [5.41, 5.74) is 1.33. The molecule has 0 aromatic heterocycles. The van der Waals surface area contributed by atoms with Crippen LogP contribution >= 0.6 is 15.9 Å². The van der Waals surface area contributed by atoms with Gasteiger partial charge in [0.05, 0.1) is 0 Å². The van der Waals surface area contributed by atoms with Gasteiger partial charge >= 0.3 is 0 Å². The summed E-state index contributed by atoms with van der Waals surface area (Å²) in [6.07, 6.45) is 1.14. The molecule has 2 aromatic rings. The van der Waals surface area contributed by atoms with E-state index in [4.69, 9.17) is 4.74 Å². The smallest absolute Gasteiger partial charge is 0.170 e. The van der Waals surface area contributed by atoms with Crippen LogP contribution in [0.2, 0.25) is 0 Å². The second-order valence-electron chi connectivity index (χ2n) is 5.87. The van der Waals surface area contributed by atoms with Gasteiger partial charge in [0.2, 0.25) is 0 Å². The van der Waals surface area contributed by atoms with Crippen LogP contribution in [-0.4, -0.2) is 16.7 Å². The molecule has 0 unspecified atom stereocenters. The molecule has 4 nitrogen and oxygen atoms in total. The van der Waals surface area contributed by atoms with Gasteiger partial charge in [-0.2, -0.15) is 0 Å². The van der Waals surface area contributed by atoms with Gasteiger partial charge in [0, 0.05) is 22.9 Å². The quantitative estimate of drug-likeness (QED) is 0.461. The molecule has 3 rings (SSSR count). The topological polar surface area (TPSA) is 63.6 Å². The summed E-state index contributed by atoms with van der Waals surface area (Å²) in [5.74, 6) is -0.295. The highest BCUT2D eigenvalue weighted by molar-refractivity contribution is 9.10. The van der Waals surface area contributed by atoms with E-state index in [1.165, 1.54) is 0 Å². The Hall–Kier alpha value is -2.40. The Kier molecular flexibility index (Phi) is 5.34. The zero-order valence-electron chi connectivity index (χ0n) is 13.5. The Morgan fingerprint density at radius 2 is 1.72 bits per heavy atom. The zero-order valence-corrected chi connectivity index (χ0v) is 15.1. The van der Waals surface area contributed by atoms with Crippen LogP contribution in [-0.2, 0) is 16.2 Å². The highest BCUT2D eigenvalue weighted by Crippen LogP contribution is 2.27. The number of benzene rings is 2. The fourth-order valence-corrected chi connectivity index (χ4v) is 2.97. The van der Waals surface area contributed by atoms with Gasteiger partial charge in [-0.25, -0.2) is 0 Å². The normalized spacial score (nSPS) is 14.5. The number of hydrogen-bond acceptors (Lipinski definition) is 4. The lowest BCUT2D eigenvalue weighted by molar-refractivity contribution is -0.123. The molecular formula is C20H17BrO4. The standard InChI is InChI=1S/C20H17BrO4/c21-15-9-7-13(8-10-15)12-25-16-4-1-3-14(11-16)20(24)19-17(22)5-2-6-18(19)23/h1,3-4,7-11,24H,2,5-6,12H2. The number of aliphatic hydroxyl groups excluding tert-OH is 1. The summed E-state index contributed by atoms with van der Waals surface area (Å²) in [6.45, 7) is 0.381. The van der Waals surface area contributed by atoms with Crippen molar-refractivity contribution in [3.63, 3.8) is 0 Å². The zero-order chi connectivity index (χ0) is 17.8. The highest BCUT2D eigenvalue weighted by atomic mass is 79.9. The molecule has 0 aliphatic heterocycles. The lowest BCUT2D eigenvalue weighted by Gasteiger charge is -2.14. The molecule has 0 atom stereocenters. The summed E-state index contributed by atoms with van der Waals surface area (Å²) in [6, 6.07) is 14.6. The van der Waals surface area contributed by atoms with E-state index in [0.717, 1.165) is 10.0 Å². The summed E-state index contributed by atoms with van der Waals surface area (Å²) in [5, 5.41) is 10.4. The van der Waals surface area contributed by atoms with Crippen molar-refractivity contribution in [3.05, 3.63) is 69.7 Å². The van der Waals surface area contributed by atoms with Crippen LogP contribution in [0.1, 0.15) is 30.4 Å². The molecule has 0 radical (unpaired) electrons. The van der Waals surface area contributed by atoms with E-state index in [-0.39, 0.29) is 22.9 Å². The number of rotatable bonds is 4. The van der Waals surface area contributed by atoms with E-state index >= 15 is 0 Å². The molecular weight excluding hydrogens is 384 g/mol. The van der Waals surface area contributed by atoms with Gasteiger partial charge in [-0.1, -0.05) is 40.2 Å². The molecule has 0 heterocycles. The summed E-state index contributed by atoms with van der Waals surface area (Å²) in [4.78, 5) is 23.9. The minimum atomic E-state index is -0.296. The first-order chi connectivity index (χ1) is 12.0. The average Bonchev–Trinajstić information content (AvgIpc) is 2.61. The van der Waals surface area contributed by atoms with Crippen molar-refractivity contribution in [1.29, 1.82) is 0 Å². The van der Waals surface area contributed by atoms with Gasteiger partial charge in [-0.15, -0.1) is 0 Å². The van der Waals surface area contributed by atoms with Gasteiger partial charge in [-0.05, 0) is 36.2 Å². The number of carbonyl (C=O) groups excluding carboxylic acids is 2. The maximum absolute atomic E-state index is 12.0. The first-order valence-electron chi connectivity index (χ1n) is 8.02. The van der Waals surface area contributed by atoms with Crippen molar-refractivity contribution in [2.45, 2.75) is 25.9 Å². The van der Waals surface area contributed by atoms with Crippen molar-refractivity contribution >= 4 is 33.3 Å². The Balaban J connectivity index is 1.80. The van der Waals surface area contributed by atoms with Crippen LogP contribution in [0.3, 0.4) is 0 Å². The highest BCUT2D eigenvalue weighted by Gasteiger charge is 2.27. The van der Waals surface area contributed by atoms with Crippen molar-refractivity contribution in [1.82, 2.24) is 0 Å². The van der Waals surface area contributed by atoms with Crippen LogP contribution in [0.25, 0.3) is 5.76 Å². The number of hydrogen-bond donors (Lipinski definition) is 1. The summed E-state index contributed by atoms with van der Waals surface area (Å²) in [7, 11) is 0. The number of allylic oxidation sites excluding steroid dienone is 1. The molecule has 0 bridgehead atoms. The maximum atomic E-state index is 12.0. The lowest BCUT2D eigenvalue weighted by atomic mass is 9.90. The third kappa shape index (κ3) is 4.17. The number of ether oxygens (including phenoxy) is 1. The molecule has 1 aliphatic rings. The maximum Gasteiger partial charge on any atom is 0.170 e. The fourth-order valence-electron chi connectivity index (χ4n) is 2.70. The second kappa shape index (κ2) is 7.66. The lowest BCUT2D eigenvalue weighted by Crippen LogP contribution is -2.20. The molecule has 1 aliphatic carbocycles. The Morgan fingerprint density at radius 1 is 1.04 bits per heavy atom. The molecule has 0 spiro atoms. The molecule has 25 heavy (non-hydrogen) atoms. The number of Topliss-reactive ketones (excluding diaryl/α,β-unsaturated/α-hetero) is 2. The van der Waals surface area contributed by atoms with Crippen molar-refractivity contribution < 1.29 is 19.4 Å². The second-order valence-corrected chi connectivity index (χ2v) is 6.78. The number of aliphatic hydroxyl groups is 1. The average molecular weight is 401 g/mol. The van der Waals surface area contributed by atoms with Gasteiger partial charge in [-0.3, -0.25) is 9.59 Å². The first-order valence-corrected chi connectivity index (χ1v) is 8.81. The Morgan fingerprint density at radius 3 is 2.40 bits per heavy atom. The largest absolute Gasteiger partial charge is 0.506 e. The summed E-state index contributed by atoms with van der Waals surface area (Å²) < 4.78 is 6.74. The monoisotopic (exact) mass is 400 g/mol. The van der Waals surface area contributed by atoms with Crippen molar-refractivity contribution in [2.24, 2.45) is 0 Å². The van der Waals surface area contributed by atoms with Crippen molar-refractivity contribution in [2.75, 3.05) is 0 Å². The Bertz CT molecular complexity index is 819. The van der Waals surface area contributed by atoms with Crippen LogP contribution in [0.15, 0.2) is 58.6 Å². The van der Waals surface area contributed by atoms with E-state index in [1.807, 2.05) is 24.3 Å². The number of halogens is 1. The van der Waals surface area contributed by atoms with E-state index < -0.39 is 0 Å². The fraction of sp³-hybridized carbons (Fsp3) is 0.200. The summed E-state index contributed by atoms with van der Waals surface area (Å²) >= 11 is 3.39.